The Morgan fingerprint density at radius 3 is 2.69 bits per heavy atom. The first kappa shape index (κ1) is 8.51. The molecule has 0 aliphatic rings. The summed E-state index contributed by atoms with van der Waals surface area (Å²) >= 11 is 5.99. The number of aryl methyl sites for hydroxylation is 3. The molecule has 0 aliphatic carbocycles. The molecule has 13 heavy (non-hydrogen) atoms. The minimum Gasteiger partial charge on any atom is -0.234 e. The molecule has 0 radical (unpaired) electrons. The van der Waals surface area contributed by atoms with Crippen LogP contribution in [0.4, 0.5) is 0 Å². The molecule has 0 spiro atoms. The highest BCUT2D eigenvalue weighted by atomic mass is 35.5. The summed E-state index contributed by atoms with van der Waals surface area (Å²) in [6.07, 6.45) is 0. The SMILES string of the molecule is Cc1nc(C)c2c(C)cc(Cl)n2n1. The van der Waals surface area contributed by atoms with E-state index in [2.05, 4.69) is 10.1 Å². The molecule has 68 valence electrons. The Labute approximate surface area is 81.4 Å². The predicted molar refractivity (Wildman–Crippen MR) is 52.2 cm³/mol. The Kier molecular flexibility index (Phi) is 1.77. The Morgan fingerprint density at radius 1 is 1.31 bits per heavy atom. The van der Waals surface area contributed by atoms with Gasteiger partial charge in [-0.25, -0.2) is 9.50 Å². The highest BCUT2D eigenvalue weighted by Gasteiger charge is 2.08. The van der Waals surface area contributed by atoms with Crippen LogP contribution in [0.15, 0.2) is 6.07 Å². The monoisotopic (exact) mass is 195 g/mol. The van der Waals surface area contributed by atoms with E-state index in [9.17, 15) is 0 Å². The van der Waals surface area contributed by atoms with Crippen LogP contribution in [-0.4, -0.2) is 14.6 Å². The van der Waals surface area contributed by atoms with E-state index < -0.39 is 0 Å². The summed E-state index contributed by atoms with van der Waals surface area (Å²) in [6, 6.07) is 1.90. The van der Waals surface area contributed by atoms with Gasteiger partial charge in [0, 0.05) is 0 Å². The minimum atomic E-state index is 0.640. The van der Waals surface area contributed by atoms with Gasteiger partial charge < -0.3 is 0 Å². The van der Waals surface area contributed by atoms with Gasteiger partial charge in [-0.15, -0.1) is 0 Å². The van der Waals surface area contributed by atoms with Crippen molar-refractivity contribution in [2.45, 2.75) is 20.8 Å². The van der Waals surface area contributed by atoms with Crippen molar-refractivity contribution in [2.75, 3.05) is 0 Å². The van der Waals surface area contributed by atoms with Crippen molar-refractivity contribution < 1.29 is 0 Å². The van der Waals surface area contributed by atoms with Crippen LogP contribution in [0.2, 0.25) is 5.15 Å². The van der Waals surface area contributed by atoms with Gasteiger partial charge in [-0.2, -0.15) is 5.10 Å². The number of fused-ring (bicyclic) bond motifs is 1. The standard InChI is InChI=1S/C9H10ClN3/c1-5-4-8(10)13-9(5)6(2)11-7(3)12-13/h4H,1-3H3. The van der Waals surface area contributed by atoms with Gasteiger partial charge in [0.1, 0.15) is 11.0 Å². The first-order valence-electron chi connectivity index (χ1n) is 4.08. The molecule has 4 heteroatoms. The number of hydrogen-bond acceptors (Lipinski definition) is 2. The first-order chi connectivity index (χ1) is 6.09. The van der Waals surface area contributed by atoms with E-state index in [0.29, 0.717) is 5.15 Å². The van der Waals surface area contributed by atoms with Gasteiger partial charge in [-0.3, -0.25) is 0 Å². The van der Waals surface area contributed by atoms with E-state index in [1.807, 2.05) is 26.8 Å². The van der Waals surface area contributed by atoms with E-state index in [-0.39, 0.29) is 0 Å². The van der Waals surface area contributed by atoms with Crippen LogP contribution in [0.5, 0.6) is 0 Å². The smallest absolute Gasteiger partial charge is 0.146 e. The van der Waals surface area contributed by atoms with Crippen molar-refractivity contribution in [1.29, 1.82) is 0 Å². The number of nitrogens with zero attached hydrogens (tertiary/aromatic N) is 3. The number of aromatic nitrogens is 3. The molecule has 0 aliphatic heterocycles. The van der Waals surface area contributed by atoms with E-state index in [1.54, 1.807) is 4.52 Å². The Balaban J connectivity index is 2.97. The van der Waals surface area contributed by atoms with Crippen LogP contribution < -0.4 is 0 Å². The van der Waals surface area contributed by atoms with Crippen LogP contribution >= 0.6 is 11.6 Å². The van der Waals surface area contributed by atoms with Crippen LogP contribution in [0, 0.1) is 20.8 Å². The molecule has 0 saturated heterocycles. The van der Waals surface area contributed by atoms with Gasteiger partial charge in [-0.05, 0) is 32.4 Å². The zero-order valence-corrected chi connectivity index (χ0v) is 8.55. The summed E-state index contributed by atoms with van der Waals surface area (Å²) in [6.45, 7) is 5.83. The van der Waals surface area contributed by atoms with Gasteiger partial charge in [0.05, 0.1) is 11.2 Å². The van der Waals surface area contributed by atoms with E-state index in [0.717, 1.165) is 22.6 Å². The lowest BCUT2D eigenvalue weighted by Gasteiger charge is -2.01. The third-order valence-electron chi connectivity index (χ3n) is 2.04. The van der Waals surface area contributed by atoms with Crippen LogP contribution in [0.3, 0.4) is 0 Å². The van der Waals surface area contributed by atoms with Crippen molar-refractivity contribution >= 4 is 17.1 Å². The second kappa shape index (κ2) is 2.70. The van der Waals surface area contributed by atoms with Gasteiger partial charge in [0.15, 0.2) is 0 Å². The van der Waals surface area contributed by atoms with Gasteiger partial charge in [-0.1, -0.05) is 11.6 Å². The quantitative estimate of drug-likeness (QED) is 0.646. The number of halogens is 1. The molecule has 0 amide bonds. The Bertz CT molecular complexity index is 473. The second-order valence-corrected chi connectivity index (χ2v) is 3.54. The molecule has 2 rings (SSSR count). The molecule has 2 aromatic heterocycles. The molecule has 0 unspecified atom stereocenters. The van der Waals surface area contributed by atoms with Crippen LogP contribution in [-0.2, 0) is 0 Å². The predicted octanol–water partition coefficient (Wildman–Crippen LogP) is 2.31. The molecule has 2 aromatic rings. The van der Waals surface area contributed by atoms with Crippen molar-refractivity contribution in [3.63, 3.8) is 0 Å². The van der Waals surface area contributed by atoms with Crippen LogP contribution in [0.25, 0.3) is 5.52 Å². The van der Waals surface area contributed by atoms with Gasteiger partial charge in [0.2, 0.25) is 0 Å². The summed E-state index contributed by atoms with van der Waals surface area (Å²) < 4.78 is 1.73. The topological polar surface area (TPSA) is 30.2 Å². The maximum atomic E-state index is 5.99. The lowest BCUT2D eigenvalue weighted by molar-refractivity contribution is 0.841. The molecular formula is C9H10ClN3. The second-order valence-electron chi connectivity index (χ2n) is 3.15. The normalized spacial score (nSPS) is 11.1. The zero-order valence-electron chi connectivity index (χ0n) is 7.80. The number of rotatable bonds is 0. The third-order valence-corrected chi connectivity index (χ3v) is 2.31. The maximum absolute atomic E-state index is 5.99. The van der Waals surface area contributed by atoms with Crippen molar-refractivity contribution in [2.24, 2.45) is 0 Å². The fraction of sp³-hybridized carbons (Fsp3) is 0.333. The summed E-state index contributed by atoms with van der Waals surface area (Å²) in [5.41, 5.74) is 3.09. The zero-order chi connectivity index (χ0) is 9.59. The largest absolute Gasteiger partial charge is 0.234 e. The maximum Gasteiger partial charge on any atom is 0.146 e. The molecule has 0 bridgehead atoms. The molecule has 0 aromatic carbocycles. The molecule has 0 saturated carbocycles. The molecule has 3 nitrogen and oxygen atoms in total. The van der Waals surface area contributed by atoms with Crippen molar-refractivity contribution in [3.05, 3.63) is 28.3 Å². The average Bonchev–Trinajstić information content (AvgIpc) is 2.27. The van der Waals surface area contributed by atoms with Gasteiger partial charge in [0.25, 0.3) is 0 Å². The fourth-order valence-corrected chi connectivity index (χ4v) is 1.87. The molecule has 0 fully saturated rings. The van der Waals surface area contributed by atoms with E-state index in [1.165, 1.54) is 0 Å². The summed E-state index contributed by atoms with van der Waals surface area (Å²) in [5.74, 6) is 0.738. The Hall–Kier alpha value is -1.09. The van der Waals surface area contributed by atoms with Crippen molar-refractivity contribution in [3.8, 4) is 0 Å². The number of hydrogen-bond donors (Lipinski definition) is 0. The van der Waals surface area contributed by atoms with E-state index in [4.69, 9.17) is 11.6 Å². The summed E-state index contributed by atoms with van der Waals surface area (Å²) in [4.78, 5) is 4.29. The lowest BCUT2D eigenvalue weighted by atomic mass is 10.3. The average molecular weight is 196 g/mol. The van der Waals surface area contributed by atoms with E-state index >= 15 is 0 Å². The highest BCUT2D eigenvalue weighted by Crippen LogP contribution is 2.20. The fourth-order valence-electron chi connectivity index (χ4n) is 1.58. The first-order valence-corrected chi connectivity index (χ1v) is 4.46. The minimum absolute atomic E-state index is 0.640. The summed E-state index contributed by atoms with van der Waals surface area (Å²) in [7, 11) is 0. The molecule has 0 atom stereocenters. The van der Waals surface area contributed by atoms with Gasteiger partial charge >= 0.3 is 0 Å². The third kappa shape index (κ3) is 1.20. The summed E-state index contributed by atoms with van der Waals surface area (Å²) in [5, 5.41) is 4.87. The molecule has 0 N–H and O–H groups in total. The van der Waals surface area contributed by atoms with Crippen LogP contribution in [0.1, 0.15) is 17.1 Å². The lowest BCUT2D eigenvalue weighted by Crippen LogP contribution is -2.00. The highest BCUT2D eigenvalue weighted by molar-refractivity contribution is 6.30. The Morgan fingerprint density at radius 2 is 2.00 bits per heavy atom. The van der Waals surface area contributed by atoms with Crippen molar-refractivity contribution in [1.82, 2.24) is 14.6 Å². The molecular weight excluding hydrogens is 186 g/mol. The molecule has 2 heterocycles.